The van der Waals surface area contributed by atoms with Crippen molar-refractivity contribution < 1.29 is 4.58 Å². The largest absolute Gasteiger partial charge is 0.377 e. The first kappa shape index (κ1) is 16.8. The van der Waals surface area contributed by atoms with Gasteiger partial charge in [0, 0.05) is 25.9 Å². The van der Waals surface area contributed by atoms with E-state index < -0.39 is 0 Å². The molecule has 2 rings (SSSR count). The first-order chi connectivity index (χ1) is 11.1. The molecule has 0 bridgehead atoms. The van der Waals surface area contributed by atoms with Gasteiger partial charge in [0.05, 0.1) is 0 Å². The summed E-state index contributed by atoms with van der Waals surface area (Å²) in [7, 11) is 8.23. The van der Waals surface area contributed by atoms with Crippen LogP contribution in [0.5, 0.6) is 0 Å². The van der Waals surface area contributed by atoms with Crippen molar-refractivity contribution in [3.05, 3.63) is 83.9 Å². The normalized spacial score (nSPS) is 12.0. The Kier molecular flexibility index (Phi) is 5.93. The summed E-state index contributed by atoms with van der Waals surface area (Å²) in [6.07, 6.45) is 6.48. The molecule has 0 saturated carbocycles. The summed E-state index contributed by atoms with van der Waals surface area (Å²) in [5.41, 5.74) is 4.80. The van der Waals surface area contributed by atoms with Gasteiger partial charge in [0.1, 0.15) is 14.1 Å². The number of allylic oxidation sites excluding steroid dienone is 3. The van der Waals surface area contributed by atoms with E-state index in [1.807, 2.05) is 26.2 Å². The van der Waals surface area contributed by atoms with Gasteiger partial charge in [-0.25, -0.2) is 4.58 Å². The number of hydrogen-bond donors (Lipinski definition) is 0. The second-order valence-electron chi connectivity index (χ2n) is 5.89. The highest BCUT2D eigenvalue weighted by Gasteiger charge is 2.06. The second-order valence-corrected chi connectivity index (χ2v) is 5.89. The van der Waals surface area contributed by atoms with Crippen LogP contribution in [0.1, 0.15) is 11.1 Å². The summed E-state index contributed by atoms with van der Waals surface area (Å²) in [6.45, 7) is 0. The lowest BCUT2D eigenvalue weighted by Crippen LogP contribution is -2.10. The molecule has 0 atom stereocenters. The molecule has 0 aliphatic heterocycles. The van der Waals surface area contributed by atoms with Crippen molar-refractivity contribution in [3.63, 3.8) is 0 Å². The molecule has 0 N–H and O–H groups in total. The highest BCUT2D eigenvalue weighted by Crippen LogP contribution is 2.23. The monoisotopic (exact) mass is 305 g/mol. The van der Waals surface area contributed by atoms with Crippen LogP contribution in [0, 0.1) is 0 Å². The van der Waals surface area contributed by atoms with E-state index in [9.17, 15) is 0 Å². The summed E-state index contributed by atoms with van der Waals surface area (Å²) in [6, 6.07) is 21.0. The molecule has 0 spiro atoms. The van der Waals surface area contributed by atoms with Crippen LogP contribution in [0.3, 0.4) is 0 Å². The smallest absolute Gasteiger partial charge is 0.163 e. The van der Waals surface area contributed by atoms with E-state index in [1.165, 1.54) is 22.4 Å². The Balaban J connectivity index is 2.54. The lowest BCUT2D eigenvalue weighted by molar-refractivity contribution is -0.458. The van der Waals surface area contributed by atoms with Gasteiger partial charge >= 0.3 is 0 Å². The van der Waals surface area contributed by atoms with Crippen LogP contribution in [-0.4, -0.2) is 43.9 Å². The fourth-order valence-electron chi connectivity index (χ4n) is 2.31. The molecule has 0 unspecified atom stereocenters. The Hall–Kier alpha value is -2.61. The van der Waals surface area contributed by atoms with Crippen molar-refractivity contribution in [1.82, 2.24) is 4.90 Å². The molecule has 23 heavy (non-hydrogen) atoms. The van der Waals surface area contributed by atoms with Crippen LogP contribution in [0.2, 0.25) is 0 Å². The van der Waals surface area contributed by atoms with E-state index in [2.05, 4.69) is 90.5 Å². The zero-order chi connectivity index (χ0) is 16.7. The minimum atomic E-state index is 1.19. The summed E-state index contributed by atoms with van der Waals surface area (Å²) in [5, 5.41) is 0. The van der Waals surface area contributed by atoms with Gasteiger partial charge in [-0.15, -0.1) is 0 Å². The van der Waals surface area contributed by atoms with Gasteiger partial charge in [0.15, 0.2) is 6.21 Å². The molecule has 2 aromatic carbocycles. The molecule has 0 aromatic heterocycles. The van der Waals surface area contributed by atoms with Crippen molar-refractivity contribution >= 4 is 17.5 Å². The van der Waals surface area contributed by atoms with E-state index in [0.29, 0.717) is 0 Å². The summed E-state index contributed by atoms with van der Waals surface area (Å²) in [4.78, 5) is 2.15. The number of nitrogens with zero attached hydrogens (tertiary/aromatic N) is 2. The predicted molar refractivity (Wildman–Crippen MR) is 101 cm³/mol. The van der Waals surface area contributed by atoms with Gasteiger partial charge in [0.2, 0.25) is 0 Å². The Bertz CT molecular complexity index is 704. The maximum Gasteiger partial charge on any atom is 0.163 e. The number of hydrogen-bond acceptors (Lipinski definition) is 1. The first-order valence-electron chi connectivity index (χ1n) is 7.79. The second kappa shape index (κ2) is 8.14. The average Bonchev–Trinajstić information content (AvgIpc) is 2.56. The van der Waals surface area contributed by atoms with E-state index in [4.69, 9.17) is 0 Å². The van der Waals surface area contributed by atoms with Gasteiger partial charge in [-0.3, -0.25) is 0 Å². The maximum atomic E-state index is 2.24. The molecule has 2 heteroatoms. The molecular formula is C21H25N2+. The van der Waals surface area contributed by atoms with E-state index in [-0.39, 0.29) is 0 Å². The molecule has 0 saturated heterocycles. The van der Waals surface area contributed by atoms with E-state index >= 15 is 0 Å². The Morgan fingerprint density at radius 3 is 1.83 bits per heavy atom. The fraction of sp³-hybridized carbons (Fsp3) is 0.190. The van der Waals surface area contributed by atoms with Crippen LogP contribution in [-0.2, 0) is 0 Å². The summed E-state index contributed by atoms with van der Waals surface area (Å²) < 4.78 is 2.05. The van der Waals surface area contributed by atoms with Crippen molar-refractivity contribution in [2.24, 2.45) is 0 Å². The third-order valence-corrected chi connectivity index (χ3v) is 3.50. The highest BCUT2D eigenvalue weighted by atomic mass is 15.1. The topological polar surface area (TPSA) is 6.25 Å². The minimum Gasteiger partial charge on any atom is -0.377 e. The van der Waals surface area contributed by atoms with Crippen molar-refractivity contribution in [2.75, 3.05) is 28.2 Å². The molecule has 0 fully saturated rings. The molecule has 2 aromatic rings. The molecule has 0 heterocycles. The van der Waals surface area contributed by atoms with Crippen molar-refractivity contribution in [2.45, 2.75) is 0 Å². The third-order valence-electron chi connectivity index (χ3n) is 3.50. The van der Waals surface area contributed by atoms with Gasteiger partial charge in [-0.05, 0) is 22.8 Å². The molecule has 118 valence electrons. The highest BCUT2D eigenvalue weighted by molar-refractivity contribution is 5.90. The van der Waals surface area contributed by atoms with Crippen molar-refractivity contribution in [1.29, 1.82) is 0 Å². The van der Waals surface area contributed by atoms with Crippen LogP contribution in [0.4, 0.5) is 0 Å². The average molecular weight is 305 g/mol. The zero-order valence-corrected chi connectivity index (χ0v) is 14.4. The Labute approximate surface area is 139 Å². The van der Waals surface area contributed by atoms with E-state index in [1.54, 1.807) is 0 Å². The third kappa shape index (κ3) is 4.96. The summed E-state index contributed by atoms with van der Waals surface area (Å²) in [5.74, 6) is 0. The van der Waals surface area contributed by atoms with Crippen LogP contribution >= 0.6 is 0 Å². The maximum absolute atomic E-state index is 2.24. The molecular weight excluding hydrogens is 280 g/mol. The molecule has 0 aliphatic carbocycles. The SMILES string of the molecule is CN(C)/C(=C/C(=C/C=[N+](C)C)c1ccccc1)c1ccccc1. The first-order valence-corrected chi connectivity index (χ1v) is 7.79. The van der Waals surface area contributed by atoms with E-state index in [0.717, 1.165) is 0 Å². The van der Waals surface area contributed by atoms with Gasteiger partial charge in [-0.2, -0.15) is 0 Å². The standard InChI is InChI=1S/C21H25N2/c1-22(2)16-15-20(18-11-7-5-8-12-18)17-21(23(3)4)19-13-9-6-10-14-19/h5-17H,1-4H3/q+1. The van der Waals surface area contributed by atoms with Crippen LogP contribution in [0.15, 0.2) is 72.8 Å². The zero-order valence-electron chi connectivity index (χ0n) is 14.4. The van der Waals surface area contributed by atoms with Gasteiger partial charge in [0.25, 0.3) is 0 Å². The molecule has 0 aliphatic rings. The predicted octanol–water partition coefficient (Wildman–Crippen LogP) is 4.02. The van der Waals surface area contributed by atoms with Crippen LogP contribution in [0.25, 0.3) is 11.3 Å². The fourth-order valence-corrected chi connectivity index (χ4v) is 2.31. The molecule has 0 radical (unpaired) electrons. The van der Waals surface area contributed by atoms with Gasteiger partial charge in [-0.1, -0.05) is 60.7 Å². The molecule has 0 amide bonds. The number of benzene rings is 2. The quantitative estimate of drug-likeness (QED) is 0.459. The van der Waals surface area contributed by atoms with Gasteiger partial charge < -0.3 is 4.90 Å². The minimum absolute atomic E-state index is 1.19. The van der Waals surface area contributed by atoms with Crippen LogP contribution < -0.4 is 0 Å². The lowest BCUT2D eigenvalue weighted by Gasteiger charge is -2.18. The summed E-state index contributed by atoms with van der Waals surface area (Å²) >= 11 is 0. The van der Waals surface area contributed by atoms with Crippen molar-refractivity contribution in [3.8, 4) is 0 Å². The Morgan fingerprint density at radius 2 is 1.35 bits per heavy atom. The number of rotatable bonds is 5. The Morgan fingerprint density at radius 1 is 0.826 bits per heavy atom. The molecule has 2 nitrogen and oxygen atoms in total. The lowest BCUT2D eigenvalue weighted by atomic mass is 10.0.